The summed E-state index contributed by atoms with van der Waals surface area (Å²) in [7, 11) is 0. The molecule has 2 aliphatic rings. The van der Waals surface area contributed by atoms with E-state index in [1.807, 2.05) is 6.92 Å². The van der Waals surface area contributed by atoms with Gasteiger partial charge in [0.1, 0.15) is 18.2 Å². The van der Waals surface area contributed by atoms with Crippen molar-refractivity contribution in [3.8, 4) is 0 Å². The number of piperidine rings is 1. The molecule has 9 heteroatoms. The Bertz CT molecular complexity index is 502. The van der Waals surface area contributed by atoms with Gasteiger partial charge in [0.05, 0.1) is 18.8 Å². The first-order valence-corrected chi connectivity index (χ1v) is 8.12. The highest BCUT2D eigenvalue weighted by Gasteiger charge is 2.63. The number of aliphatic hydroxyl groups is 4. The molecule has 0 aromatic heterocycles. The smallest absolute Gasteiger partial charge is 0.240 e. The van der Waals surface area contributed by atoms with Crippen molar-refractivity contribution in [1.82, 2.24) is 10.2 Å². The lowest BCUT2D eigenvalue weighted by molar-refractivity contribution is -0.138. The third-order valence-corrected chi connectivity index (χ3v) is 5.12. The zero-order chi connectivity index (χ0) is 18.2. The van der Waals surface area contributed by atoms with E-state index in [0.717, 1.165) is 6.42 Å². The molecule has 24 heavy (non-hydrogen) atoms. The van der Waals surface area contributed by atoms with Crippen molar-refractivity contribution in [2.75, 3.05) is 13.1 Å². The number of hydrogen-bond donors (Lipinski definition) is 6. The largest absolute Gasteiger partial charge is 0.391 e. The summed E-state index contributed by atoms with van der Waals surface area (Å²) in [5.74, 6) is -0.810. The Hall–Kier alpha value is -1.26. The van der Waals surface area contributed by atoms with Crippen LogP contribution in [0.4, 0.5) is 0 Å². The van der Waals surface area contributed by atoms with Gasteiger partial charge < -0.3 is 36.4 Å². The third kappa shape index (κ3) is 3.70. The number of nitrogens with zero attached hydrogens (tertiary/aromatic N) is 1. The van der Waals surface area contributed by atoms with Crippen molar-refractivity contribution in [3.63, 3.8) is 0 Å². The molecule has 3 unspecified atom stereocenters. The quantitative estimate of drug-likeness (QED) is 0.272. The molecule has 2 amide bonds. The van der Waals surface area contributed by atoms with E-state index in [-0.39, 0.29) is 30.5 Å². The number of likely N-dealkylation sites (tertiary alicyclic amines) is 1. The number of hydrogen-bond acceptors (Lipinski definition) is 7. The zero-order valence-electron chi connectivity index (χ0n) is 13.9. The molecule has 7 atom stereocenters. The predicted molar refractivity (Wildman–Crippen MR) is 83.5 cm³/mol. The van der Waals surface area contributed by atoms with E-state index in [9.17, 15) is 30.0 Å². The van der Waals surface area contributed by atoms with Gasteiger partial charge in [-0.05, 0) is 25.2 Å². The Balaban J connectivity index is 1.82. The predicted octanol–water partition coefficient (Wildman–Crippen LogP) is -3.10. The van der Waals surface area contributed by atoms with Crippen molar-refractivity contribution >= 4 is 11.8 Å². The van der Waals surface area contributed by atoms with Gasteiger partial charge in [-0.2, -0.15) is 0 Å². The van der Waals surface area contributed by atoms with E-state index in [4.69, 9.17) is 5.73 Å². The summed E-state index contributed by atoms with van der Waals surface area (Å²) in [5, 5.41) is 40.8. The molecule has 1 aliphatic heterocycles. The fourth-order valence-electron chi connectivity index (χ4n) is 3.43. The average Bonchev–Trinajstić information content (AvgIpc) is 3.06. The topological polar surface area (TPSA) is 156 Å². The Labute approximate surface area is 140 Å². The molecule has 1 heterocycles. The molecule has 1 aliphatic carbocycles. The number of primary amides is 1. The molecule has 7 N–H and O–H groups in total. The maximum Gasteiger partial charge on any atom is 0.240 e. The van der Waals surface area contributed by atoms with E-state index in [1.165, 1.54) is 11.8 Å². The maximum absolute atomic E-state index is 12.4. The number of rotatable bonds is 8. The number of carbonyl (C=O) groups is 2. The average molecular weight is 345 g/mol. The van der Waals surface area contributed by atoms with Crippen LogP contribution in [0.5, 0.6) is 0 Å². The van der Waals surface area contributed by atoms with Crippen molar-refractivity contribution in [2.45, 2.75) is 63.2 Å². The van der Waals surface area contributed by atoms with Gasteiger partial charge in [-0.3, -0.25) is 9.59 Å². The van der Waals surface area contributed by atoms with Crippen molar-refractivity contribution < 1.29 is 30.0 Å². The second-order valence-electron chi connectivity index (χ2n) is 7.22. The fraction of sp³-hybridized carbons (Fsp3) is 0.867. The Morgan fingerprint density at radius 2 is 1.88 bits per heavy atom. The van der Waals surface area contributed by atoms with Gasteiger partial charge in [0.25, 0.3) is 0 Å². The van der Waals surface area contributed by atoms with E-state index < -0.39 is 36.4 Å². The van der Waals surface area contributed by atoms with Gasteiger partial charge in [-0.15, -0.1) is 0 Å². The van der Waals surface area contributed by atoms with E-state index >= 15 is 0 Å². The fourth-order valence-corrected chi connectivity index (χ4v) is 3.43. The molecular formula is C15H27N3O6. The van der Waals surface area contributed by atoms with E-state index in [0.29, 0.717) is 6.42 Å². The van der Waals surface area contributed by atoms with Gasteiger partial charge in [0.2, 0.25) is 11.8 Å². The van der Waals surface area contributed by atoms with Crippen LogP contribution in [0.3, 0.4) is 0 Å². The lowest BCUT2D eigenvalue weighted by Crippen LogP contribution is -2.51. The second-order valence-corrected chi connectivity index (χ2v) is 7.22. The molecule has 2 fully saturated rings. The van der Waals surface area contributed by atoms with Crippen LogP contribution in [0, 0.1) is 5.41 Å². The Morgan fingerprint density at radius 1 is 1.25 bits per heavy atom. The summed E-state index contributed by atoms with van der Waals surface area (Å²) in [6, 6.07) is -0.576. The van der Waals surface area contributed by atoms with Crippen molar-refractivity contribution in [2.24, 2.45) is 11.1 Å². The lowest BCUT2D eigenvalue weighted by Gasteiger charge is -2.27. The first kappa shape index (κ1) is 19.1. The molecular weight excluding hydrogens is 318 g/mol. The van der Waals surface area contributed by atoms with E-state index in [1.54, 1.807) is 0 Å². The summed E-state index contributed by atoms with van der Waals surface area (Å²) in [4.78, 5) is 25.4. The van der Waals surface area contributed by atoms with Crippen LogP contribution in [-0.4, -0.2) is 86.7 Å². The van der Waals surface area contributed by atoms with Gasteiger partial charge in [0, 0.05) is 12.6 Å². The monoisotopic (exact) mass is 345 g/mol. The van der Waals surface area contributed by atoms with Crippen LogP contribution < -0.4 is 11.1 Å². The first-order chi connectivity index (χ1) is 11.1. The number of aliphatic hydroxyl groups excluding tert-OH is 4. The van der Waals surface area contributed by atoms with Crippen LogP contribution >= 0.6 is 0 Å². The van der Waals surface area contributed by atoms with Crippen LogP contribution in [0.1, 0.15) is 26.7 Å². The number of amides is 2. The second kappa shape index (κ2) is 6.93. The van der Waals surface area contributed by atoms with Gasteiger partial charge >= 0.3 is 0 Å². The third-order valence-electron chi connectivity index (χ3n) is 5.12. The van der Waals surface area contributed by atoms with Crippen LogP contribution in [-0.2, 0) is 9.59 Å². The molecule has 2 rings (SSSR count). The summed E-state index contributed by atoms with van der Waals surface area (Å²) in [6.07, 6.45) is -4.14. The van der Waals surface area contributed by atoms with Crippen molar-refractivity contribution in [3.05, 3.63) is 0 Å². The molecule has 0 radical (unpaired) electrons. The zero-order valence-corrected chi connectivity index (χ0v) is 13.9. The normalized spacial score (nSPS) is 33.5. The van der Waals surface area contributed by atoms with Gasteiger partial charge in [-0.1, -0.05) is 6.92 Å². The van der Waals surface area contributed by atoms with E-state index in [2.05, 4.69) is 5.32 Å². The molecule has 1 saturated carbocycles. The number of carbonyl (C=O) groups excluding carboxylic acids is 2. The molecule has 9 nitrogen and oxygen atoms in total. The Kier molecular flexibility index (Phi) is 5.50. The first-order valence-electron chi connectivity index (χ1n) is 8.12. The highest BCUT2D eigenvalue weighted by atomic mass is 16.4. The summed E-state index contributed by atoms with van der Waals surface area (Å²) < 4.78 is 0. The Morgan fingerprint density at radius 3 is 2.42 bits per heavy atom. The minimum Gasteiger partial charge on any atom is -0.391 e. The van der Waals surface area contributed by atoms with Crippen LogP contribution in [0.2, 0.25) is 0 Å². The minimum absolute atomic E-state index is 0.0249. The minimum atomic E-state index is -1.54. The molecule has 0 bridgehead atoms. The maximum atomic E-state index is 12.4. The summed E-state index contributed by atoms with van der Waals surface area (Å²) in [6.45, 7) is 3.05. The van der Waals surface area contributed by atoms with Crippen LogP contribution in [0.25, 0.3) is 0 Å². The number of nitrogens with two attached hydrogens (primary N) is 1. The lowest BCUT2D eigenvalue weighted by atomic mass is 10.0. The van der Waals surface area contributed by atoms with Gasteiger partial charge in [-0.25, -0.2) is 0 Å². The highest BCUT2D eigenvalue weighted by molar-refractivity contribution is 5.89. The SMILES string of the molecule is C[C@H](O)[C@H](O)[C@@H](O)[C@@H](O)CNCC(=O)N1C(C(N)=O)CC2(C)CC12. The number of nitrogens with one attached hydrogen (secondary N) is 1. The standard InChI is InChI=1S/C15H27N3O6/c1-7(19)12(22)13(23)9(20)5-17-6-11(21)18-8(14(16)24)3-15(2)4-10(15)18/h7-10,12-13,17,19-20,22-23H,3-6H2,1-2H3,(H2,16,24)/t7-,8?,9-,10?,12-,13-,15?/m0/s1. The molecule has 1 saturated heterocycles. The van der Waals surface area contributed by atoms with Crippen molar-refractivity contribution in [1.29, 1.82) is 0 Å². The van der Waals surface area contributed by atoms with Gasteiger partial charge in [0.15, 0.2) is 0 Å². The molecule has 0 aromatic rings. The highest BCUT2D eigenvalue weighted by Crippen LogP contribution is 2.58. The molecule has 138 valence electrons. The van der Waals surface area contributed by atoms with Crippen LogP contribution in [0.15, 0.2) is 0 Å². The summed E-state index contributed by atoms with van der Waals surface area (Å²) in [5.41, 5.74) is 5.33. The number of fused-ring (bicyclic) bond motifs is 1. The molecule has 0 aromatic carbocycles. The molecule has 0 spiro atoms. The summed E-state index contributed by atoms with van der Waals surface area (Å²) >= 11 is 0.